The molecule has 2 N–H and O–H groups in total. The van der Waals surface area contributed by atoms with Crippen LogP contribution in [-0.4, -0.2) is 32.2 Å². The van der Waals surface area contributed by atoms with Crippen molar-refractivity contribution < 1.29 is 14.5 Å². The molecule has 134 valence electrons. The molecule has 26 heavy (non-hydrogen) atoms. The van der Waals surface area contributed by atoms with Crippen LogP contribution in [0.5, 0.6) is 0 Å². The molecule has 0 radical (unpaired) electrons. The van der Waals surface area contributed by atoms with Crippen molar-refractivity contribution in [1.82, 2.24) is 14.9 Å². The maximum atomic E-state index is 12.8. The average Bonchev–Trinajstić information content (AvgIpc) is 2.61. The third-order valence-electron chi connectivity index (χ3n) is 3.64. The van der Waals surface area contributed by atoms with Crippen molar-refractivity contribution >= 4 is 34.9 Å². The molecule has 0 aliphatic carbocycles. The van der Waals surface area contributed by atoms with E-state index in [1.54, 1.807) is 13.0 Å². The van der Waals surface area contributed by atoms with E-state index in [0.717, 1.165) is 6.20 Å². The van der Waals surface area contributed by atoms with Crippen LogP contribution in [0.15, 0.2) is 35.3 Å². The molecule has 1 aromatic carbocycles. The number of rotatable bonds is 4. The Balaban J connectivity index is 2.16. The van der Waals surface area contributed by atoms with Crippen LogP contribution < -0.4 is 16.2 Å². The minimum Gasteiger partial charge on any atom is -0.462 e. The molecule has 0 bridgehead atoms. The number of fused-ring (bicyclic) bond motifs is 1. The van der Waals surface area contributed by atoms with Gasteiger partial charge in [0.15, 0.2) is 5.11 Å². The maximum absolute atomic E-state index is 12.8. The Bertz CT molecular complexity index is 973. The summed E-state index contributed by atoms with van der Waals surface area (Å²) < 4.78 is 6.03. The second kappa shape index (κ2) is 6.88. The van der Waals surface area contributed by atoms with Crippen LogP contribution in [0.4, 0.5) is 11.6 Å². The van der Waals surface area contributed by atoms with E-state index >= 15 is 0 Å². The summed E-state index contributed by atoms with van der Waals surface area (Å²) in [6, 6.07) is 5.75. The van der Waals surface area contributed by atoms with Gasteiger partial charge in [0, 0.05) is 17.7 Å². The van der Waals surface area contributed by atoms with Crippen LogP contribution in [0.25, 0.3) is 0 Å². The Morgan fingerprint density at radius 2 is 2.27 bits per heavy atom. The first kappa shape index (κ1) is 17.5. The fourth-order valence-electron chi connectivity index (χ4n) is 2.52. The second-order valence-electron chi connectivity index (χ2n) is 5.24. The molecule has 3 rings (SSSR count). The number of hydrogen-bond acceptors (Lipinski definition) is 7. The van der Waals surface area contributed by atoms with Crippen molar-refractivity contribution in [1.29, 1.82) is 0 Å². The second-order valence-corrected chi connectivity index (χ2v) is 5.65. The molecule has 0 saturated heterocycles. The van der Waals surface area contributed by atoms with E-state index in [-0.39, 0.29) is 28.9 Å². The van der Waals surface area contributed by atoms with Crippen molar-refractivity contribution in [2.24, 2.45) is 0 Å². The highest BCUT2D eigenvalue weighted by Crippen LogP contribution is 2.24. The summed E-state index contributed by atoms with van der Waals surface area (Å²) in [5.41, 5.74) is -0.637. The molecule has 0 amide bonds. The first-order chi connectivity index (χ1) is 12.4. The maximum Gasteiger partial charge on any atom is 0.345 e. The zero-order valence-electron chi connectivity index (χ0n) is 13.5. The van der Waals surface area contributed by atoms with Gasteiger partial charge in [0.25, 0.3) is 11.2 Å². The lowest BCUT2D eigenvalue weighted by molar-refractivity contribution is -0.384. The highest BCUT2D eigenvalue weighted by atomic mass is 32.1. The predicted molar refractivity (Wildman–Crippen MR) is 95.0 cm³/mol. The average molecular weight is 375 g/mol. The highest BCUT2D eigenvalue weighted by Gasteiger charge is 2.29. The molecule has 2 aromatic rings. The van der Waals surface area contributed by atoms with Gasteiger partial charge in [-0.15, -0.1) is 0 Å². The summed E-state index contributed by atoms with van der Waals surface area (Å²) in [6.45, 7) is 1.73. The molecule has 1 atom stereocenters. The molecule has 1 aromatic heterocycles. The van der Waals surface area contributed by atoms with Crippen molar-refractivity contribution in [2.45, 2.75) is 13.1 Å². The first-order valence-corrected chi connectivity index (χ1v) is 7.93. The quantitative estimate of drug-likeness (QED) is 0.350. The smallest absolute Gasteiger partial charge is 0.345 e. The molecule has 0 spiro atoms. The van der Waals surface area contributed by atoms with Crippen LogP contribution in [-0.2, 0) is 4.74 Å². The number of nitrogens with zero attached hydrogens (tertiary/aromatic N) is 3. The van der Waals surface area contributed by atoms with Crippen LogP contribution in [0.3, 0.4) is 0 Å². The first-order valence-electron chi connectivity index (χ1n) is 7.53. The van der Waals surface area contributed by atoms with Gasteiger partial charge in [0.05, 0.1) is 17.7 Å². The summed E-state index contributed by atoms with van der Waals surface area (Å²) in [5, 5.41) is 16.8. The SMILES string of the molecule is CCOC(=O)c1cnc2n(c1=O)C(c1cccc([N+](=O)[O-])c1)NC(=S)N2. The standard InChI is InChI=1S/C15H13N5O5S/c1-2-25-13(22)10-7-16-14-18-15(26)17-11(19(14)12(10)21)8-4-3-5-9(6-8)20(23)24/h3-7,11H,2H2,1H3,(H2,16,17,18,26). The van der Waals surface area contributed by atoms with Crippen molar-refractivity contribution in [3.63, 3.8) is 0 Å². The van der Waals surface area contributed by atoms with E-state index in [0.29, 0.717) is 5.56 Å². The fourth-order valence-corrected chi connectivity index (χ4v) is 2.72. The molecular weight excluding hydrogens is 362 g/mol. The lowest BCUT2D eigenvalue weighted by atomic mass is 10.1. The number of carbonyl (C=O) groups excluding carboxylic acids is 1. The van der Waals surface area contributed by atoms with E-state index in [2.05, 4.69) is 15.6 Å². The summed E-state index contributed by atoms with van der Waals surface area (Å²) in [7, 11) is 0. The van der Waals surface area contributed by atoms with E-state index in [9.17, 15) is 19.7 Å². The third kappa shape index (κ3) is 3.11. The van der Waals surface area contributed by atoms with Crippen LogP contribution >= 0.6 is 12.2 Å². The number of ether oxygens (including phenoxy) is 1. The number of benzene rings is 1. The number of nitrogens with one attached hydrogen (secondary N) is 2. The van der Waals surface area contributed by atoms with Crippen molar-refractivity contribution in [2.75, 3.05) is 11.9 Å². The minimum absolute atomic E-state index is 0.106. The summed E-state index contributed by atoms with van der Waals surface area (Å²) in [4.78, 5) is 39.3. The van der Waals surface area contributed by atoms with Gasteiger partial charge in [0.2, 0.25) is 5.95 Å². The Morgan fingerprint density at radius 1 is 1.50 bits per heavy atom. The Labute approximate surface area is 152 Å². The molecule has 0 saturated carbocycles. The van der Waals surface area contributed by atoms with Crippen molar-refractivity contribution in [3.8, 4) is 0 Å². The Hall–Kier alpha value is -3.34. The number of esters is 1. The number of nitro groups is 1. The summed E-state index contributed by atoms with van der Waals surface area (Å²) in [5.74, 6) is -0.686. The van der Waals surface area contributed by atoms with Crippen molar-refractivity contribution in [3.05, 3.63) is 62.1 Å². The van der Waals surface area contributed by atoms with E-state index < -0.39 is 22.6 Å². The monoisotopic (exact) mass is 375 g/mol. The van der Waals surface area contributed by atoms with Gasteiger partial charge in [-0.25, -0.2) is 9.78 Å². The molecule has 2 heterocycles. The molecular formula is C15H13N5O5S. The normalized spacial score (nSPS) is 15.4. The predicted octanol–water partition coefficient (Wildman–Crippen LogP) is 1.18. The zero-order valence-corrected chi connectivity index (χ0v) is 14.3. The van der Waals surface area contributed by atoms with Crippen LogP contribution in [0, 0.1) is 10.1 Å². The lowest BCUT2D eigenvalue weighted by Gasteiger charge is -2.30. The van der Waals surface area contributed by atoms with Gasteiger partial charge < -0.3 is 15.4 Å². The van der Waals surface area contributed by atoms with Gasteiger partial charge in [-0.1, -0.05) is 12.1 Å². The van der Waals surface area contributed by atoms with Gasteiger partial charge in [-0.2, -0.15) is 0 Å². The topological polar surface area (TPSA) is 128 Å². The molecule has 10 nitrogen and oxygen atoms in total. The fraction of sp³-hybridized carbons (Fsp3) is 0.200. The third-order valence-corrected chi connectivity index (χ3v) is 3.86. The zero-order chi connectivity index (χ0) is 18.8. The highest BCUT2D eigenvalue weighted by molar-refractivity contribution is 7.80. The number of aromatic nitrogens is 2. The van der Waals surface area contributed by atoms with E-state index in [1.807, 2.05) is 0 Å². The molecule has 1 aliphatic rings. The van der Waals surface area contributed by atoms with Crippen LogP contribution in [0.1, 0.15) is 29.0 Å². The number of carbonyl (C=O) groups is 1. The lowest BCUT2D eigenvalue weighted by Crippen LogP contribution is -2.48. The molecule has 1 unspecified atom stereocenters. The van der Waals surface area contributed by atoms with Gasteiger partial charge >= 0.3 is 5.97 Å². The molecule has 1 aliphatic heterocycles. The Morgan fingerprint density at radius 3 is 2.96 bits per heavy atom. The number of thiocarbonyl (C=S) groups is 1. The van der Waals surface area contributed by atoms with Gasteiger partial charge in [0.1, 0.15) is 11.7 Å². The number of hydrogen-bond donors (Lipinski definition) is 2. The Kier molecular flexibility index (Phi) is 4.63. The van der Waals surface area contributed by atoms with Gasteiger partial charge in [-0.05, 0) is 19.1 Å². The molecule has 0 fully saturated rings. The van der Waals surface area contributed by atoms with Crippen LogP contribution in [0.2, 0.25) is 0 Å². The minimum atomic E-state index is -0.868. The molecule has 11 heteroatoms. The number of anilines is 1. The van der Waals surface area contributed by atoms with E-state index in [4.69, 9.17) is 17.0 Å². The summed E-state index contributed by atoms with van der Waals surface area (Å²) >= 11 is 5.11. The number of non-ortho nitro benzene ring substituents is 1. The van der Waals surface area contributed by atoms with E-state index in [1.165, 1.54) is 22.8 Å². The summed E-state index contributed by atoms with van der Waals surface area (Å²) in [6.07, 6.45) is 0.241. The van der Waals surface area contributed by atoms with Gasteiger partial charge in [-0.3, -0.25) is 19.5 Å². The largest absolute Gasteiger partial charge is 0.462 e. The number of nitro benzene ring substituents is 1.